The maximum absolute atomic E-state index is 3.85. The number of rotatable bonds is 2. The van der Waals surface area contributed by atoms with Crippen LogP contribution >= 0.6 is 15.9 Å². The van der Waals surface area contributed by atoms with Gasteiger partial charge in [-0.15, -0.1) is 0 Å². The molecule has 20 heavy (non-hydrogen) atoms. The van der Waals surface area contributed by atoms with Crippen molar-refractivity contribution in [2.75, 3.05) is 19.6 Å². The van der Waals surface area contributed by atoms with Crippen LogP contribution in [0.2, 0.25) is 0 Å². The second-order valence-electron chi connectivity index (χ2n) is 6.47. The molecule has 1 aromatic carbocycles. The second kappa shape index (κ2) is 6.17. The maximum Gasteiger partial charge on any atom is 0.0320 e. The van der Waals surface area contributed by atoms with Crippen LogP contribution in [0.5, 0.6) is 0 Å². The van der Waals surface area contributed by atoms with Gasteiger partial charge in [0.15, 0.2) is 0 Å². The first kappa shape index (κ1) is 14.6. The smallest absolute Gasteiger partial charge is 0.0320 e. The molecule has 1 saturated heterocycles. The summed E-state index contributed by atoms with van der Waals surface area (Å²) in [6.45, 7) is 5.97. The molecule has 1 aliphatic carbocycles. The minimum atomic E-state index is 0.403. The minimum Gasteiger partial charge on any atom is -0.310 e. The average molecular weight is 337 g/mol. The molecule has 1 N–H and O–H groups in total. The maximum atomic E-state index is 3.85. The Morgan fingerprint density at radius 3 is 2.55 bits per heavy atom. The van der Waals surface area contributed by atoms with Crippen molar-refractivity contribution in [3.63, 3.8) is 0 Å². The molecule has 0 radical (unpaired) electrons. The van der Waals surface area contributed by atoms with Crippen LogP contribution in [0, 0.1) is 0 Å². The Kier molecular flexibility index (Phi) is 4.49. The lowest BCUT2D eigenvalue weighted by Gasteiger charge is -2.36. The van der Waals surface area contributed by atoms with Gasteiger partial charge in [0.2, 0.25) is 0 Å². The van der Waals surface area contributed by atoms with Crippen molar-refractivity contribution >= 4 is 15.9 Å². The molecule has 0 amide bonds. The Hall–Kier alpha value is -0.380. The minimum absolute atomic E-state index is 0.403. The van der Waals surface area contributed by atoms with Gasteiger partial charge in [-0.1, -0.05) is 40.9 Å². The zero-order chi connectivity index (χ0) is 14.0. The molecule has 1 heterocycles. The van der Waals surface area contributed by atoms with Crippen molar-refractivity contribution < 1.29 is 0 Å². The number of halogens is 1. The summed E-state index contributed by atoms with van der Waals surface area (Å²) in [4.78, 5) is 2.69. The zero-order valence-corrected chi connectivity index (χ0v) is 14.0. The van der Waals surface area contributed by atoms with Crippen molar-refractivity contribution in [3.8, 4) is 0 Å². The number of nitrogens with zero attached hydrogens (tertiary/aromatic N) is 1. The van der Waals surface area contributed by atoms with Crippen molar-refractivity contribution in [1.29, 1.82) is 0 Å². The molecular formula is C17H25BrN2. The van der Waals surface area contributed by atoms with Crippen molar-refractivity contribution in [3.05, 3.63) is 34.3 Å². The van der Waals surface area contributed by atoms with Gasteiger partial charge >= 0.3 is 0 Å². The Labute approximate surface area is 131 Å². The van der Waals surface area contributed by atoms with Gasteiger partial charge in [-0.25, -0.2) is 0 Å². The molecular weight excluding hydrogens is 312 g/mol. The van der Waals surface area contributed by atoms with Crippen LogP contribution in [0.3, 0.4) is 0 Å². The first-order valence-corrected chi connectivity index (χ1v) is 8.72. The predicted octanol–water partition coefficient (Wildman–Crippen LogP) is 4.12. The van der Waals surface area contributed by atoms with E-state index in [9.17, 15) is 0 Å². The van der Waals surface area contributed by atoms with Gasteiger partial charge in [0.05, 0.1) is 0 Å². The lowest BCUT2D eigenvalue weighted by Crippen LogP contribution is -2.49. The molecule has 3 rings (SSSR count). The number of hydrogen-bond donors (Lipinski definition) is 1. The number of benzene rings is 1. The molecule has 3 heteroatoms. The molecule has 1 saturated carbocycles. The Bertz CT molecular complexity index is 437. The molecule has 0 bridgehead atoms. The molecule has 2 fully saturated rings. The van der Waals surface area contributed by atoms with Gasteiger partial charge in [-0.3, -0.25) is 4.90 Å². The third kappa shape index (κ3) is 3.10. The van der Waals surface area contributed by atoms with E-state index in [1.54, 1.807) is 0 Å². The highest BCUT2D eigenvalue weighted by molar-refractivity contribution is 9.10. The van der Waals surface area contributed by atoms with E-state index in [2.05, 4.69) is 57.3 Å². The van der Waals surface area contributed by atoms with Gasteiger partial charge in [0.25, 0.3) is 0 Å². The number of nitrogens with one attached hydrogen (secondary N) is 1. The first-order valence-electron chi connectivity index (χ1n) is 7.93. The Balaban J connectivity index is 1.75. The lowest BCUT2D eigenvalue weighted by atomic mass is 9.95. The second-order valence-corrected chi connectivity index (χ2v) is 7.38. The van der Waals surface area contributed by atoms with Crippen LogP contribution in [-0.2, 0) is 0 Å². The van der Waals surface area contributed by atoms with Crippen LogP contribution in [0.4, 0.5) is 0 Å². The van der Waals surface area contributed by atoms with E-state index >= 15 is 0 Å². The summed E-state index contributed by atoms with van der Waals surface area (Å²) in [7, 11) is 0. The molecule has 2 nitrogen and oxygen atoms in total. The third-order valence-electron chi connectivity index (χ3n) is 5.09. The topological polar surface area (TPSA) is 15.3 Å². The average Bonchev–Trinajstić information content (AvgIpc) is 2.80. The quantitative estimate of drug-likeness (QED) is 0.873. The summed E-state index contributed by atoms with van der Waals surface area (Å²) in [6.07, 6.45) is 6.77. The summed E-state index contributed by atoms with van der Waals surface area (Å²) in [5.74, 6) is 0. The first-order chi connectivity index (χ1) is 9.69. The van der Waals surface area contributed by atoms with Crippen LogP contribution in [0.15, 0.2) is 28.7 Å². The van der Waals surface area contributed by atoms with E-state index in [1.165, 1.54) is 61.8 Å². The van der Waals surface area contributed by atoms with Gasteiger partial charge in [-0.2, -0.15) is 0 Å². The molecule has 1 aromatic rings. The summed E-state index contributed by atoms with van der Waals surface area (Å²) >= 11 is 3.53. The van der Waals surface area contributed by atoms with Crippen LogP contribution < -0.4 is 5.32 Å². The summed E-state index contributed by atoms with van der Waals surface area (Å²) < 4.78 is 1.17. The Morgan fingerprint density at radius 1 is 1.15 bits per heavy atom. The molecule has 1 aliphatic heterocycles. The monoisotopic (exact) mass is 336 g/mol. The highest BCUT2D eigenvalue weighted by Gasteiger charge is 2.37. The van der Waals surface area contributed by atoms with E-state index in [1.807, 2.05) is 0 Å². The van der Waals surface area contributed by atoms with E-state index in [0.29, 0.717) is 11.6 Å². The van der Waals surface area contributed by atoms with Crippen molar-refractivity contribution in [2.45, 2.75) is 50.6 Å². The van der Waals surface area contributed by atoms with Crippen LogP contribution in [0.25, 0.3) is 0 Å². The largest absolute Gasteiger partial charge is 0.310 e. The molecule has 2 aliphatic rings. The molecule has 0 aromatic heterocycles. The molecule has 1 unspecified atom stereocenters. The van der Waals surface area contributed by atoms with E-state index < -0.39 is 0 Å². The number of hydrogen-bond acceptors (Lipinski definition) is 2. The van der Waals surface area contributed by atoms with E-state index in [4.69, 9.17) is 0 Å². The summed E-state index contributed by atoms with van der Waals surface area (Å²) in [6, 6.07) is 9.35. The van der Waals surface area contributed by atoms with Gasteiger partial charge in [0, 0.05) is 29.1 Å². The normalized spacial score (nSPS) is 24.7. The molecule has 110 valence electrons. The highest BCUT2D eigenvalue weighted by atomic mass is 79.9. The standard InChI is InChI=1S/C17H25BrN2/c1-14(15-5-7-16(18)8-6-15)20-12-4-11-19-17(13-20)9-2-3-10-17/h5-8,14,19H,2-4,9-13H2,1H3. The van der Waals surface area contributed by atoms with Crippen molar-refractivity contribution in [1.82, 2.24) is 10.2 Å². The fourth-order valence-corrected chi connectivity index (χ4v) is 4.09. The highest BCUT2D eigenvalue weighted by Crippen LogP contribution is 2.34. The lowest BCUT2D eigenvalue weighted by molar-refractivity contribution is 0.166. The van der Waals surface area contributed by atoms with Gasteiger partial charge in [-0.05, 0) is 50.4 Å². The van der Waals surface area contributed by atoms with Gasteiger partial charge < -0.3 is 5.32 Å². The summed E-state index contributed by atoms with van der Waals surface area (Å²) in [5.41, 5.74) is 1.84. The molecule has 1 atom stereocenters. The van der Waals surface area contributed by atoms with E-state index in [-0.39, 0.29) is 0 Å². The van der Waals surface area contributed by atoms with Crippen LogP contribution in [-0.4, -0.2) is 30.1 Å². The van der Waals surface area contributed by atoms with E-state index in [0.717, 1.165) is 0 Å². The predicted molar refractivity (Wildman–Crippen MR) is 87.9 cm³/mol. The van der Waals surface area contributed by atoms with Gasteiger partial charge in [0.1, 0.15) is 0 Å². The van der Waals surface area contributed by atoms with Crippen LogP contribution in [0.1, 0.15) is 50.6 Å². The Morgan fingerprint density at radius 2 is 1.85 bits per heavy atom. The fraction of sp³-hybridized carbons (Fsp3) is 0.647. The molecule has 1 spiro atoms. The third-order valence-corrected chi connectivity index (χ3v) is 5.62. The zero-order valence-electron chi connectivity index (χ0n) is 12.4. The van der Waals surface area contributed by atoms with Crippen molar-refractivity contribution in [2.24, 2.45) is 0 Å². The summed E-state index contributed by atoms with van der Waals surface area (Å²) in [5, 5.41) is 3.85. The fourth-order valence-electron chi connectivity index (χ4n) is 3.83. The SMILES string of the molecule is CC(c1ccc(Br)cc1)N1CCCNC2(CCCC2)C1.